The number of ether oxygens (including phenoxy) is 1. The Kier molecular flexibility index (Phi) is 8.61. The number of rotatable bonds is 9. The van der Waals surface area contributed by atoms with Gasteiger partial charge in [-0.1, -0.05) is 12.1 Å². The van der Waals surface area contributed by atoms with E-state index in [1.165, 1.54) is 30.5 Å². The molecular formula is C21H29FN4O3S. The second kappa shape index (κ2) is 10.9. The van der Waals surface area contributed by atoms with Crippen molar-refractivity contribution >= 4 is 16.0 Å². The van der Waals surface area contributed by atoms with Crippen molar-refractivity contribution in [3.63, 3.8) is 0 Å². The Balaban J connectivity index is 1.94. The molecule has 0 fully saturated rings. The predicted octanol–water partition coefficient (Wildman–Crippen LogP) is 2.60. The van der Waals surface area contributed by atoms with Gasteiger partial charge < -0.3 is 15.4 Å². The van der Waals surface area contributed by atoms with Crippen LogP contribution in [0.4, 0.5) is 4.39 Å². The zero-order valence-electron chi connectivity index (χ0n) is 17.7. The molecule has 0 saturated carbocycles. The minimum absolute atomic E-state index is 0.158. The van der Waals surface area contributed by atoms with E-state index in [2.05, 4.69) is 15.6 Å². The van der Waals surface area contributed by atoms with Crippen molar-refractivity contribution in [1.29, 1.82) is 0 Å². The van der Waals surface area contributed by atoms with E-state index in [0.29, 0.717) is 31.3 Å². The number of hydrogen-bond donors (Lipinski definition) is 2. The number of benzene rings is 2. The number of hydrogen-bond acceptors (Lipinski definition) is 4. The highest BCUT2D eigenvalue weighted by Gasteiger charge is 2.16. The van der Waals surface area contributed by atoms with Crippen molar-refractivity contribution in [3.8, 4) is 5.75 Å². The first kappa shape index (κ1) is 23.6. The second-order valence-electron chi connectivity index (χ2n) is 6.89. The summed E-state index contributed by atoms with van der Waals surface area (Å²) in [4.78, 5) is 4.78. The highest BCUT2D eigenvalue weighted by atomic mass is 32.2. The smallest absolute Gasteiger partial charge is 0.242 e. The van der Waals surface area contributed by atoms with Crippen LogP contribution in [-0.4, -0.2) is 52.0 Å². The Labute approximate surface area is 178 Å². The summed E-state index contributed by atoms with van der Waals surface area (Å²) in [7, 11) is -0.437. The maximum absolute atomic E-state index is 13.0. The molecule has 9 heteroatoms. The first-order valence-corrected chi connectivity index (χ1v) is 11.1. The third kappa shape index (κ3) is 7.00. The highest BCUT2D eigenvalue weighted by molar-refractivity contribution is 7.89. The van der Waals surface area contributed by atoms with Crippen molar-refractivity contribution in [1.82, 2.24) is 14.9 Å². The molecule has 0 aliphatic rings. The molecule has 2 aromatic carbocycles. The van der Waals surface area contributed by atoms with Crippen LogP contribution in [-0.2, 0) is 16.6 Å². The van der Waals surface area contributed by atoms with Gasteiger partial charge in [0.15, 0.2) is 5.96 Å². The summed E-state index contributed by atoms with van der Waals surface area (Å²) in [5, 5.41) is 6.37. The molecule has 0 spiro atoms. The van der Waals surface area contributed by atoms with Crippen molar-refractivity contribution in [2.45, 2.75) is 31.4 Å². The molecule has 0 aromatic heterocycles. The van der Waals surface area contributed by atoms with E-state index in [0.717, 1.165) is 5.56 Å². The Bertz CT molecular complexity index is 930. The van der Waals surface area contributed by atoms with Crippen LogP contribution in [0.25, 0.3) is 0 Å². The average Bonchev–Trinajstić information content (AvgIpc) is 2.72. The van der Waals surface area contributed by atoms with Gasteiger partial charge in [0.05, 0.1) is 18.0 Å². The zero-order chi connectivity index (χ0) is 22.1. The molecule has 30 heavy (non-hydrogen) atoms. The highest BCUT2D eigenvalue weighted by Crippen LogP contribution is 2.15. The molecular weight excluding hydrogens is 407 g/mol. The first-order valence-electron chi connectivity index (χ1n) is 9.68. The van der Waals surface area contributed by atoms with Crippen LogP contribution < -0.4 is 15.4 Å². The van der Waals surface area contributed by atoms with Crippen LogP contribution in [0.15, 0.2) is 58.4 Å². The molecule has 1 atom stereocenters. The normalized spacial score (nSPS) is 13.2. The fraction of sp³-hybridized carbons (Fsp3) is 0.381. The van der Waals surface area contributed by atoms with E-state index in [-0.39, 0.29) is 16.8 Å². The molecule has 0 bridgehead atoms. The van der Waals surface area contributed by atoms with E-state index < -0.39 is 10.0 Å². The summed E-state index contributed by atoms with van der Waals surface area (Å²) >= 11 is 0. The van der Waals surface area contributed by atoms with E-state index >= 15 is 0 Å². The lowest BCUT2D eigenvalue weighted by molar-refractivity contribution is 0.223. The third-order valence-corrected chi connectivity index (χ3v) is 6.00. The van der Waals surface area contributed by atoms with Crippen LogP contribution in [0.1, 0.15) is 19.4 Å². The van der Waals surface area contributed by atoms with Gasteiger partial charge in [0.25, 0.3) is 0 Å². The standard InChI is InChI=1S/C21H29FN4O3S/c1-5-23-21(24-14-16(2)29-19-10-8-18(22)9-11-19)25-15-17-6-12-20(13-7-17)30(27,28)26(3)4/h6-13,16H,5,14-15H2,1-4H3,(H2,23,24,25). The van der Waals surface area contributed by atoms with E-state index in [9.17, 15) is 12.8 Å². The van der Waals surface area contributed by atoms with Crippen LogP contribution in [0.5, 0.6) is 5.75 Å². The van der Waals surface area contributed by atoms with Gasteiger partial charge in [-0.3, -0.25) is 0 Å². The van der Waals surface area contributed by atoms with Crippen LogP contribution in [0, 0.1) is 5.82 Å². The zero-order valence-corrected chi connectivity index (χ0v) is 18.5. The molecule has 7 nitrogen and oxygen atoms in total. The molecule has 0 heterocycles. The second-order valence-corrected chi connectivity index (χ2v) is 9.04. The maximum atomic E-state index is 13.0. The summed E-state index contributed by atoms with van der Waals surface area (Å²) in [5.74, 6) is 0.916. The molecule has 0 radical (unpaired) electrons. The lowest BCUT2D eigenvalue weighted by Crippen LogP contribution is -2.41. The topological polar surface area (TPSA) is 83.0 Å². The Morgan fingerprint density at radius 2 is 1.73 bits per heavy atom. The fourth-order valence-electron chi connectivity index (χ4n) is 2.52. The van der Waals surface area contributed by atoms with Crippen LogP contribution in [0.3, 0.4) is 0 Å². The summed E-state index contributed by atoms with van der Waals surface area (Å²) in [6, 6.07) is 12.6. The number of guanidine groups is 1. The summed E-state index contributed by atoms with van der Waals surface area (Å²) in [6.45, 7) is 5.47. The molecule has 164 valence electrons. The number of halogens is 1. The SMILES string of the molecule is CCNC(=NCc1ccc(S(=O)(=O)N(C)C)cc1)NCC(C)Oc1ccc(F)cc1. The lowest BCUT2D eigenvalue weighted by atomic mass is 10.2. The van der Waals surface area contributed by atoms with Gasteiger partial charge >= 0.3 is 0 Å². The van der Waals surface area contributed by atoms with Crippen molar-refractivity contribution in [2.24, 2.45) is 4.99 Å². The van der Waals surface area contributed by atoms with Gasteiger partial charge in [-0.25, -0.2) is 22.1 Å². The number of nitrogens with one attached hydrogen (secondary N) is 2. The van der Waals surface area contributed by atoms with E-state index in [4.69, 9.17) is 4.74 Å². The van der Waals surface area contributed by atoms with Gasteiger partial charge in [-0.2, -0.15) is 0 Å². The number of sulfonamides is 1. The van der Waals surface area contributed by atoms with Gasteiger partial charge in [0.1, 0.15) is 17.7 Å². The van der Waals surface area contributed by atoms with E-state index in [1.54, 1.807) is 36.4 Å². The quantitative estimate of drug-likeness (QED) is 0.466. The van der Waals surface area contributed by atoms with Crippen LogP contribution in [0.2, 0.25) is 0 Å². The van der Waals surface area contributed by atoms with Gasteiger partial charge in [0.2, 0.25) is 10.0 Å². The summed E-state index contributed by atoms with van der Waals surface area (Å²) in [5.41, 5.74) is 0.889. The summed E-state index contributed by atoms with van der Waals surface area (Å²) in [6.07, 6.45) is -0.158. The van der Waals surface area contributed by atoms with Gasteiger partial charge in [-0.05, 0) is 55.8 Å². The minimum Gasteiger partial charge on any atom is -0.489 e. The fourth-order valence-corrected chi connectivity index (χ4v) is 3.42. The minimum atomic E-state index is -3.44. The first-order chi connectivity index (χ1) is 14.2. The Hall–Kier alpha value is -2.65. The molecule has 2 aromatic rings. The maximum Gasteiger partial charge on any atom is 0.242 e. The van der Waals surface area contributed by atoms with Crippen LogP contribution >= 0.6 is 0 Å². The predicted molar refractivity (Wildman–Crippen MR) is 117 cm³/mol. The van der Waals surface area contributed by atoms with Crippen molar-refractivity contribution in [3.05, 3.63) is 59.9 Å². The van der Waals surface area contributed by atoms with E-state index in [1.807, 2.05) is 13.8 Å². The molecule has 2 rings (SSSR count). The largest absolute Gasteiger partial charge is 0.489 e. The average molecular weight is 437 g/mol. The Morgan fingerprint density at radius 1 is 1.10 bits per heavy atom. The molecule has 0 amide bonds. The number of nitrogens with zero attached hydrogens (tertiary/aromatic N) is 2. The lowest BCUT2D eigenvalue weighted by Gasteiger charge is -2.17. The molecule has 0 saturated heterocycles. The van der Waals surface area contributed by atoms with Gasteiger partial charge in [-0.15, -0.1) is 0 Å². The third-order valence-electron chi connectivity index (χ3n) is 4.17. The number of aliphatic imine (C=N–C) groups is 1. The van der Waals surface area contributed by atoms with Gasteiger partial charge in [0, 0.05) is 20.6 Å². The molecule has 2 N–H and O–H groups in total. The summed E-state index contributed by atoms with van der Waals surface area (Å²) < 4.78 is 44.2. The molecule has 1 unspecified atom stereocenters. The Morgan fingerprint density at radius 3 is 2.30 bits per heavy atom. The van der Waals surface area contributed by atoms with Crippen molar-refractivity contribution < 1.29 is 17.5 Å². The molecule has 0 aliphatic carbocycles. The molecule has 0 aliphatic heterocycles. The van der Waals surface area contributed by atoms with Crippen molar-refractivity contribution in [2.75, 3.05) is 27.2 Å². The monoisotopic (exact) mass is 436 g/mol.